The van der Waals surface area contributed by atoms with Crippen molar-refractivity contribution in [2.45, 2.75) is 6.92 Å². The summed E-state index contributed by atoms with van der Waals surface area (Å²) in [6.07, 6.45) is 0. The molecular weight excluding hydrogens is 392 g/mol. The maximum absolute atomic E-state index is 13.3. The molecule has 0 saturated heterocycles. The van der Waals surface area contributed by atoms with E-state index in [0.717, 1.165) is 33.1 Å². The van der Waals surface area contributed by atoms with Gasteiger partial charge in [-0.2, -0.15) is 0 Å². The molecule has 0 spiro atoms. The van der Waals surface area contributed by atoms with Gasteiger partial charge < -0.3 is 9.80 Å². The third kappa shape index (κ3) is 4.82. The molecule has 0 radical (unpaired) electrons. The van der Waals surface area contributed by atoms with Crippen LogP contribution >= 0.6 is 23.7 Å². The van der Waals surface area contributed by atoms with E-state index in [4.69, 9.17) is 4.98 Å². The first-order valence-corrected chi connectivity index (χ1v) is 9.78. The van der Waals surface area contributed by atoms with E-state index < -0.39 is 0 Å². The van der Waals surface area contributed by atoms with Gasteiger partial charge in [-0.1, -0.05) is 23.5 Å². The highest BCUT2D eigenvalue weighted by Gasteiger charge is 2.21. The first kappa shape index (κ1) is 22.1. The van der Waals surface area contributed by atoms with Crippen LogP contribution in [-0.2, 0) is 0 Å². The summed E-state index contributed by atoms with van der Waals surface area (Å²) in [5.41, 5.74) is 3.85. The van der Waals surface area contributed by atoms with Gasteiger partial charge in [0, 0.05) is 38.4 Å². The summed E-state index contributed by atoms with van der Waals surface area (Å²) in [6, 6.07) is 13.9. The molecular formula is C21H27ClN4OS. The number of thiazole rings is 1. The molecule has 3 rings (SSSR count). The standard InChI is InChI=1S/C21H26N4OS.ClH/c1-15-7-6-8-18-19(15)22-21(27-18)25(14-13-23(2)3)20(26)16-9-11-17(12-10-16)24(4)5;/h6-12H,13-14H2,1-5H3;1H. The number of halogens is 1. The minimum absolute atomic E-state index is 0. The van der Waals surface area contributed by atoms with E-state index in [1.54, 1.807) is 16.2 Å². The van der Waals surface area contributed by atoms with Gasteiger partial charge in [-0.05, 0) is 56.9 Å². The molecule has 0 aliphatic rings. The van der Waals surface area contributed by atoms with Crippen LogP contribution in [0, 0.1) is 6.92 Å². The van der Waals surface area contributed by atoms with Gasteiger partial charge >= 0.3 is 0 Å². The Balaban J connectivity index is 0.00000280. The molecule has 0 atom stereocenters. The van der Waals surface area contributed by atoms with Crippen molar-refractivity contribution in [3.05, 3.63) is 53.6 Å². The van der Waals surface area contributed by atoms with E-state index >= 15 is 0 Å². The Kier molecular flexibility index (Phi) is 7.41. The number of hydrogen-bond acceptors (Lipinski definition) is 5. The van der Waals surface area contributed by atoms with Crippen LogP contribution in [0.3, 0.4) is 0 Å². The fraction of sp³-hybridized carbons (Fsp3) is 0.333. The minimum Gasteiger partial charge on any atom is -0.378 e. The Morgan fingerprint density at radius 2 is 1.68 bits per heavy atom. The number of fused-ring (bicyclic) bond motifs is 1. The van der Waals surface area contributed by atoms with Crippen molar-refractivity contribution < 1.29 is 4.79 Å². The number of benzene rings is 2. The van der Waals surface area contributed by atoms with Crippen molar-refractivity contribution in [2.75, 3.05) is 51.1 Å². The molecule has 0 aliphatic heterocycles. The number of anilines is 2. The average molecular weight is 419 g/mol. The van der Waals surface area contributed by atoms with Crippen molar-refractivity contribution in [3.8, 4) is 0 Å². The van der Waals surface area contributed by atoms with Crippen LogP contribution < -0.4 is 9.80 Å². The molecule has 0 saturated carbocycles. The van der Waals surface area contributed by atoms with E-state index in [1.165, 1.54) is 0 Å². The maximum Gasteiger partial charge on any atom is 0.260 e. The molecule has 2 aromatic carbocycles. The highest BCUT2D eigenvalue weighted by atomic mass is 35.5. The smallest absolute Gasteiger partial charge is 0.260 e. The lowest BCUT2D eigenvalue weighted by molar-refractivity contribution is 0.0985. The SMILES string of the molecule is Cc1cccc2sc(N(CCN(C)C)C(=O)c3ccc(N(C)C)cc3)nc12.Cl. The first-order valence-electron chi connectivity index (χ1n) is 8.97. The second-order valence-corrected chi connectivity index (χ2v) is 8.13. The third-order valence-electron chi connectivity index (χ3n) is 4.49. The molecule has 0 bridgehead atoms. The fourth-order valence-corrected chi connectivity index (χ4v) is 3.90. The number of rotatable bonds is 6. The van der Waals surface area contributed by atoms with Gasteiger partial charge in [-0.3, -0.25) is 9.69 Å². The highest BCUT2D eigenvalue weighted by Crippen LogP contribution is 2.31. The van der Waals surface area contributed by atoms with Crippen molar-refractivity contribution in [2.24, 2.45) is 0 Å². The van der Waals surface area contributed by atoms with Crippen LogP contribution in [0.2, 0.25) is 0 Å². The zero-order valence-electron chi connectivity index (χ0n) is 17.0. The number of amides is 1. The Morgan fingerprint density at radius 3 is 2.25 bits per heavy atom. The summed E-state index contributed by atoms with van der Waals surface area (Å²) in [5.74, 6) is -0.0149. The van der Waals surface area contributed by atoms with Crippen molar-refractivity contribution in [3.63, 3.8) is 0 Å². The number of hydrogen-bond donors (Lipinski definition) is 0. The summed E-state index contributed by atoms with van der Waals surface area (Å²) < 4.78 is 1.11. The van der Waals surface area contributed by atoms with Crippen molar-refractivity contribution in [1.82, 2.24) is 9.88 Å². The predicted molar refractivity (Wildman–Crippen MR) is 123 cm³/mol. The molecule has 0 unspecified atom stereocenters. The van der Waals surface area contributed by atoms with Crippen LogP contribution in [0.5, 0.6) is 0 Å². The first-order chi connectivity index (χ1) is 12.9. The normalized spacial score (nSPS) is 10.8. The average Bonchev–Trinajstić information content (AvgIpc) is 3.07. The van der Waals surface area contributed by atoms with E-state index in [0.29, 0.717) is 12.1 Å². The number of aryl methyl sites for hydroxylation is 1. The monoisotopic (exact) mass is 418 g/mol. The molecule has 0 aliphatic carbocycles. The lowest BCUT2D eigenvalue weighted by Crippen LogP contribution is -2.36. The number of likely N-dealkylation sites (N-methyl/N-ethyl adjacent to an activating group) is 1. The van der Waals surface area contributed by atoms with Crippen LogP contribution in [0.1, 0.15) is 15.9 Å². The van der Waals surface area contributed by atoms with E-state index in [-0.39, 0.29) is 18.3 Å². The molecule has 3 aromatic rings. The Labute approximate surface area is 177 Å². The van der Waals surface area contributed by atoms with Crippen LogP contribution in [-0.4, -0.2) is 57.1 Å². The number of carbonyl (C=O) groups excluding carboxylic acids is 1. The van der Waals surface area contributed by atoms with Gasteiger partial charge in [-0.25, -0.2) is 4.98 Å². The van der Waals surface area contributed by atoms with Crippen LogP contribution in [0.4, 0.5) is 10.8 Å². The van der Waals surface area contributed by atoms with Crippen molar-refractivity contribution in [1.29, 1.82) is 0 Å². The van der Waals surface area contributed by atoms with Gasteiger partial charge in [0.25, 0.3) is 5.91 Å². The molecule has 5 nitrogen and oxygen atoms in total. The fourth-order valence-electron chi connectivity index (χ4n) is 2.83. The molecule has 1 aromatic heterocycles. The van der Waals surface area contributed by atoms with Gasteiger partial charge in [0.2, 0.25) is 0 Å². The van der Waals surface area contributed by atoms with Gasteiger partial charge in [0.15, 0.2) is 5.13 Å². The Morgan fingerprint density at radius 1 is 1.00 bits per heavy atom. The summed E-state index contributed by atoms with van der Waals surface area (Å²) in [4.78, 5) is 23.9. The molecule has 28 heavy (non-hydrogen) atoms. The summed E-state index contributed by atoms with van der Waals surface area (Å²) in [6.45, 7) is 3.42. The van der Waals surface area contributed by atoms with Crippen LogP contribution in [0.15, 0.2) is 42.5 Å². The Bertz CT molecular complexity index is 937. The van der Waals surface area contributed by atoms with Gasteiger partial charge in [-0.15, -0.1) is 12.4 Å². The maximum atomic E-state index is 13.3. The predicted octanol–water partition coefficient (Wildman–Crippen LogP) is 4.30. The number of carbonyl (C=O) groups is 1. The van der Waals surface area contributed by atoms with Gasteiger partial charge in [0.05, 0.1) is 10.2 Å². The quantitative estimate of drug-likeness (QED) is 0.598. The lowest BCUT2D eigenvalue weighted by Gasteiger charge is -2.22. The zero-order chi connectivity index (χ0) is 19.6. The summed E-state index contributed by atoms with van der Waals surface area (Å²) in [7, 11) is 8.00. The number of aromatic nitrogens is 1. The number of para-hydroxylation sites is 1. The molecule has 1 heterocycles. The zero-order valence-corrected chi connectivity index (χ0v) is 18.6. The molecule has 7 heteroatoms. The minimum atomic E-state index is -0.0149. The van der Waals surface area contributed by atoms with E-state index in [2.05, 4.69) is 24.0 Å². The molecule has 0 N–H and O–H groups in total. The van der Waals surface area contributed by atoms with Crippen molar-refractivity contribution >= 4 is 50.7 Å². The Hall–Kier alpha value is -2.15. The number of nitrogens with zero attached hydrogens (tertiary/aromatic N) is 4. The van der Waals surface area contributed by atoms with Crippen LogP contribution in [0.25, 0.3) is 10.2 Å². The molecule has 150 valence electrons. The van der Waals surface area contributed by atoms with E-state index in [1.807, 2.05) is 63.4 Å². The van der Waals surface area contributed by atoms with Gasteiger partial charge in [0.1, 0.15) is 0 Å². The molecule has 0 fully saturated rings. The summed E-state index contributed by atoms with van der Waals surface area (Å²) >= 11 is 1.57. The molecule has 1 amide bonds. The van der Waals surface area contributed by atoms with E-state index in [9.17, 15) is 4.79 Å². The lowest BCUT2D eigenvalue weighted by atomic mass is 10.1. The summed E-state index contributed by atoms with van der Waals surface area (Å²) in [5, 5.41) is 0.753. The second kappa shape index (κ2) is 9.37. The topological polar surface area (TPSA) is 39.7 Å². The third-order valence-corrected chi connectivity index (χ3v) is 5.53. The highest BCUT2D eigenvalue weighted by molar-refractivity contribution is 7.22. The second-order valence-electron chi connectivity index (χ2n) is 7.12. The largest absolute Gasteiger partial charge is 0.378 e.